The molecule has 0 aliphatic rings. The summed E-state index contributed by atoms with van der Waals surface area (Å²) in [6, 6.07) is 9.53. The fourth-order valence-corrected chi connectivity index (χ4v) is 2.64. The van der Waals surface area contributed by atoms with Crippen molar-refractivity contribution in [1.29, 1.82) is 0 Å². The van der Waals surface area contributed by atoms with Gasteiger partial charge in [0, 0.05) is 17.6 Å². The maximum Gasteiger partial charge on any atom is 0.573 e. The lowest BCUT2D eigenvalue weighted by molar-refractivity contribution is -0.274. The normalized spacial score (nSPS) is 11.1. The highest BCUT2D eigenvalue weighted by Gasteiger charge is 2.31. The van der Waals surface area contributed by atoms with Crippen LogP contribution in [0.15, 0.2) is 48.7 Å². The number of nitrogens with one attached hydrogen (secondary N) is 1. The number of nitrogens with zero attached hydrogens (tertiary/aromatic N) is 3. The molecule has 0 bridgehead atoms. The first-order chi connectivity index (χ1) is 14.6. The average molecular weight is 434 g/mol. The molecule has 3 aromatic rings. The first kappa shape index (κ1) is 21.8. The lowest BCUT2D eigenvalue weighted by Gasteiger charge is -2.10. The van der Waals surface area contributed by atoms with Gasteiger partial charge in [-0.05, 0) is 56.3 Å². The number of ether oxygens (including phenoxy) is 2. The third kappa shape index (κ3) is 6.04. The van der Waals surface area contributed by atoms with Crippen molar-refractivity contribution in [3.63, 3.8) is 0 Å². The van der Waals surface area contributed by atoms with E-state index in [0.717, 1.165) is 23.5 Å². The Labute approximate surface area is 174 Å². The molecule has 8 nitrogen and oxygen atoms in total. The summed E-state index contributed by atoms with van der Waals surface area (Å²) in [6.45, 7) is 3.14. The highest BCUT2D eigenvalue weighted by atomic mass is 19.4. The average Bonchev–Trinajstić information content (AvgIpc) is 3.04. The number of alkyl halides is 3. The molecule has 3 rings (SSSR count). The molecule has 0 atom stereocenters. The summed E-state index contributed by atoms with van der Waals surface area (Å²) < 4.78 is 46.7. The zero-order valence-electron chi connectivity index (χ0n) is 16.4. The molecule has 162 valence electrons. The Hall–Kier alpha value is -3.89. The van der Waals surface area contributed by atoms with Crippen LogP contribution in [0.3, 0.4) is 0 Å². The zero-order chi connectivity index (χ0) is 22.6. The molecule has 1 N–H and O–H groups in total. The third-order valence-corrected chi connectivity index (χ3v) is 3.92. The van der Waals surface area contributed by atoms with Crippen LogP contribution in [0.1, 0.15) is 21.7 Å². The molecule has 0 fully saturated rings. The van der Waals surface area contributed by atoms with Crippen LogP contribution in [0.5, 0.6) is 5.75 Å². The van der Waals surface area contributed by atoms with Crippen molar-refractivity contribution in [3.8, 4) is 11.6 Å². The van der Waals surface area contributed by atoms with Crippen LogP contribution in [0.4, 0.5) is 18.9 Å². The summed E-state index contributed by atoms with van der Waals surface area (Å²) in [5.74, 6) is -1.31. The van der Waals surface area contributed by atoms with E-state index in [1.165, 1.54) is 24.4 Å². The van der Waals surface area contributed by atoms with Gasteiger partial charge < -0.3 is 14.8 Å². The second kappa shape index (κ2) is 8.86. The molecule has 0 saturated heterocycles. The molecular weight excluding hydrogens is 417 g/mol. The van der Waals surface area contributed by atoms with E-state index in [0.29, 0.717) is 5.82 Å². The lowest BCUT2D eigenvalue weighted by Crippen LogP contribution is -2.21. The Balaban J connectivity index is 1.52. The predicted molar refractivity (Wildman–Crippen MR) is 103 cm³/mol. The van der Waals surface area contributed by atoms with Gasteiger partial charge in [0.2, 0.25) is 0 Å². The number of hydrogen-bond donors (Lipinski definition) is 1. The number of aromatic nitrogens is 3. The first-order valence-electron chi connectivity index (χ1n) is 8.93. The number of benzene rings is 1. The number of hydrogen-bond acceptors (Lipinski definition) is 6. The Morgan fingerprint density at radius 2 is 1.81 bits per heavy atom. The van der Waals surface area contributed by atoms with Gasteiger partial charge in [0.05, 0.1) is 11.3 Å². The van der Waals surface area contributed by atoms with E-state index in [1.807, 2.05) is 19.9 Å². The molecule has 1 amide bonds. The van der Waals surface area contributed by atoms with Crippen LogP contribution < -0.4 is 10.1 Å². The molecule has 1 aromatic carbocycles. The molecule has 0 aliphatic heterocycles. The minimum atomic E-state index is -4.80. The van der Waals surface area contributed by atoms with Gasteiger partial charge >= 0.3 is 12.3 Å². The van der Waals surface area contributed by atoms with Crippen LogP contribution >= 0.6 is 0 Å². The molecule has 0 unspecified atom stereocenters. The molecule has 2 aromatic heterocycles. The van der Waals surface area contributed by atoms with Gasteiger partial charge in [-0.1, -0.05) is 0 Å². The van der Waals surface area contributed by atoms with Crippen molar-refractivity contribution in [2.45, 2.75) is 20.2 Å². The number of amides is 1. The molecule has 2 heterocycles. The summed E-state index contributed by atoms with van der Waals surface area (Å²) >= 11 is 0. The maximum atomic E-state index is 12.1. The number of carbonyl (C=O) groups is 2. The van der Waals surface area contributed by atoms with Gasteiger partial charge in [-0.3, -0.25) is 4.79 Å². The van der Waals surface area contributed by atoms with Crippen molar-refractivity contribution >= 4 is 17.6 Å². The molecule has 0 spiro atoms. The monoisotopic (exact) mass is 434 g/mol. The smallest absolute Gasteiger partial charge is 0.452 e. The number of aryl methyl sites for hydroxylation is 2. The summed E-state index contributed by atoms with van der Waals surface area (Å²) in [5.41, 5.74) is 2.07. The van der Waals surface area contributed by atoms with E-state index in [-0.39, 0.29) is 11.3 Å². The SMILES string of the molecule is Cc1cc(C)n(-c2ccc(C(=O)OCC(=O)Nc3ccc(OC(F)(F)F)cc3)cn2)n1. The summed E-state index contributed by atoms with van der Waals surface area (Å²) in [7, 11) is 0. The van der Waals surface area contributed by atoms with E-state index in [9.17, 15) is 22.8 Å². The predicted octanol–water partition coefficient (Wildman–Crippen LogP) is 3.58. The number of carbonyl (C=O) groups excluding carboxylic acids is 2. The molecule has 0 radical (unpaired) electrons. The van der Waals surface area contributed by atoms with E-state index in [4.69, 9.17) is 4.74 Å². The largest absolute Gasteiger partial charge is 0.573 e. The van der Waals surface area contributed by atoms with Gasteiger partial charge in [0.25, 0.3) is 5.91 Å². The molecule has 0 saturated carbocycles. The lowest BCUT2D eigenvalue weighted by atomic mass is 10.3. The number of halogens is 3. The molecule has 11 heteroatoms. The number of pyridine rings is 1. The van der Waals surface area contributed by atoms with Crippen molar-refractivity contribution < 1.29 is 32.2 Å². The third-order valence-electron chi connectivity index (χ3n) is 3.92. The Bertz CT molecular complexity index is 1080. The van der Waals surface area contributed by atoms with Crippen LogP contribution in [-0.2, 0) is 9.53 Å². The van der Waals surface area contributed by atoms with Crippen molar-refractivity contribution in [1.82, 2.24) is 14.8 Å². The minimum absolute atomic E-state index is 0.145. The van der Waals surface area contributed by atoms with Crippen LogP contribution in [0.25, 0.3) is 5.82 Å². The first-order valence-corrected chi connectivity index (χ1v) is 8.93. The Morgan fingerprint density at radius 3 is 2.35 bits per heavy atom. The second-order valence-electron chi connectivity index (χ2n) is 6.44. The highest BCUT2D eigenvalue weighted by Crippen LogP contribution is 2.23. The van der Waals surface area contributed by atoms with Crippen LogP contribution in [-0.4, -0.2) is 39.6 Å². The van der Waals surface area contributed by atoms with Gasteiger partial charge in [0.1, 0.15) is 5.75 Å². The maximum absolute atomic E-state index is 12.1. The van der Waals surface area contributed by atoms with Gasteiger partial charge in [-0.25, -0.2) is 14.5 Å². The van der Waals surface area contributed by atoms with Crippen molar-refractivity contribution in [2.75, 3.05) is 11.9 Å². The van der Waals surface area contributed by atoms with E-state index < -0.39 is 30.6 Å². The standard InChI is InChI=1S/C20H17F3N4O4/c1-12-9-13(2)27(26-12)17-8-3-14(10-24-17)19(29)30-11-18(28)25-15-4-6-16(7-5-15)31-20(21,22)23/h3-10H,11H2,1-2H3,(H,25,28). The van der Waals surface area contributed by atoms with Crippen molar-refractivity contribution in [2.24, 2.45) is 0 Å². The number of esters is 1. The minimum Gasteiger partial charge on any atom is -0.452 e. The van der Waals surface area contributed by atoms with E-state index >= 15 is 0 Å². The van der Waals surface area contributed by atoms with Crippen LogP contribution in [0.2, 0.25) is 0 Å². The molecular formula is C20H17F3N4O4. The Kier molecular flexibility index (Phi) is 6.23. The van der Waals surface area contributed by atoms with Gasteiger partial charge in [0.15, 0.2) is 12.4 Å². The Morgan fingerprint density at radius 1 is 1.10 bits per heavy atom. The number of anilines is 1. The molecule has 0 aliphatic carbocycles. The van der Waals surface area contributed by atoms with Crippen LogP contribution in [0, 0.1) is 13.8 Å². The molecule has 31 heavy (non-hydrogen) atoms. The highest BCUT2D eigenvalue weighted by molar-refractivity contribution is 5.95. The van der Waals surface area contributed by atoms with Crippen molar-refractivity contribution in [3.05, 3.63) is 65.6 Å². The quantitative estimate of drug-likeness (QED) is 0.596. The topological polar surface area (TPSA) is 95.3 Å². The summed E-state index contributed by atoms with van der Waals surface area (Å²) in [5, 5.41) is 6.70. The fraction of sp³-hybridized carbons (Fsp3) is 0.200. The fourth-order valence-electron chi connectivity index (χ4n) is 2.64. The second-order valence-corrected chi connectivity index (χ2v) is 6.44. The summed E-state index contributed by atoms with van der Waals surface area (Å²) in [4.78, 5) is 28.2. The van der Waals surface area contributed by atoms with Gasteiger partial charge in [-0.15, -0.1) is 13.2 Å². The number of rotatable bonds is 6. The van der Waals surface area contributed by atoms with Gasteiger partial charge in [-0.2, -0.15) is 5.10 Å². The van der Waals surface area contributed by atoms with E-state index in [2.05, 4.69) is 20.1 Å². The zero-order valence-corrected chi connectivity index (χ0v) is 16.4. The summed E-state index contributed by atoms with van der Waals surface area (Å²) in [6.07, 6.45) is -3.49. The van der Waals surface area contributed by atoms with E-state index in [1.54, 1.807) is 10.7 Å².